The monoisotopic (exact) mass is 274 g/mol. The third-order valence-corrected chi connectivity index (χ3v) is 3.22. The van der Waals surface area contributed by atoms with Crippen molar-refractivity contribution >= 4 is 35.6 Å². The van der Waals surface area contributed by atoms with Gasteiger partial charge in [0.15, 0.2) is 0 Å². The summed E-state index contributed by atoms with van der Waals surface area (Å²) in [6.07, 6.45) is 1.97. The van der Waals surface area contributed by atoms with Crippen LogP contribution in [0, 0.1) is 6.92 Å². The number of carbonyl (C=O) groups is 1. The average Bonchev–Trinajstić information content (AvgIpc) is 2.77. The van der Waals surface area contributed by atoms with Gasteiger partial charge < -0.3 is 10.6 Å². The largest absolute Gasteiger partial charge is 0.325 e. The number of rotatable bonds is 2. The third-order valence-electron chi connectivity index (χ3n) is 2.82. The summed E-state index contributed by atoms with van der Waals surface area (Å²) in [5.74, 6) is 0.0254. The molecule has 1 amide bonds. The van der Waals surface area contributed by atoms with Crippen molar-refractivity contribution in [3.63, 3.8) is 0 Å². The lowest BCUT2D eigenvalue weighted by atomic mass is 10.2. The number of benzene rings is 1. The Balaban J connectivity index is 0.00000144. The molecule has 1 aromatic carbocycles. The molecule has 2 N–H and O–H groups in total. The van der Waals surface area contributed by atoms with Gasteiger partial charge in [-0.25, -0.2) is 0 Å². The summed E-state index contributed by atoms with van der Waals surface area (Å²) in [6.45, 7) is 2.86. The van der Waals surface area contributed by atoms with Crippen LogP contribution in [0.2, 0.25) is 5.02 Å². The molecule has 17 heavy (non-hydrogen) atoms. The van der Waals surface area contributed by atoms with Crippen LogP contribution in [0.1, 0.15) is 18.4 Å². The quantitative estimate of drug-likeness (QED) is 0.871. The van der Waals surface area contributed by atoms with E-state index in [1.807, 2.05) is 19.1 Å². The van der Waals surface area contributed by atoms with E-state index in [9.17, 15) is 4.79 Å². The molecule has 3 nitrogen and oxygen atoms in total. The van der Waals surface area contributed by atoms with Crippen molar-refractivity contribution in [1.29, 1.82) is 0 Å². The first-order valence-electron chi connectivity index (χ1n) is 5.47. The first kappa shape index (κ1) is 14.3. The molecule has 5 heteroatoms. The zero-order valence-corrected chi connectivity index (χ0v) is 11.2. The van der Waals surface area contributed by atoms with E-state index >= 15 is 0 Å². The predicted octanol–water partition coefficient (Wildman–Crippen LogP) is 2.76. The zero-order chi connectivity index (χ0) is 11.5. The molecule has 0 aromatic heterocycles. The maximum Gasteiger partial charge on any atom is 0.241 e. The number of anilines is 1. The number of halogens is 2. The number of nitrogens with one attached hydrogen (secondary N) is 2. The van der Waals surface area contributed by atoms with Gasteiger partial charge in [0.2, 0.25) is 5.91 Å². The van der Waals surface area contributed by atoms with Gasteiger partial charge in [0, 0.05) is 10.7 Å². The summed E-state index contributed by atoms with van der Waals surface area (Å²) >= 11 is 5.99. The van der Waals surface area contributed by atoms with Crippen LogP contribution < -0.4 is 10.6 Å². The normalized spacial score (nSPS) is 18.6. The van der Waals surface area contributed by atoms with E-state index in [-0.39, 0.29) is 24.4 Å². The molecule has 0 aliphatic carbocycles. The Bertz CT molecular complexity index is 403. The van der Waals surface area contributed by atoms with Crippen molar-refractivity contribution < 1.29 is 4.79 Å². The Kier molecular flexibility index (Phi) is 5.25. The van der Waals surface area contributed by atoms with E-state index in [1.165, 1.54) is 0 Å². The lowest BCUT2D eigenvalue weighted by Crippen LogP contribution is -2.35. The molecule has 94 valence electrons. The van der Waals surface area contributed by atoms with Gasteiger partial charge in [0.25, 0.3) is 0 Å². The summed E-state index contributed by atoms with van der Waals surface area (Å²) in [6, 6.07) is 5.50. The highest BCUT2D eigenvalue weighted by molar-refractivity contribution is 6.31. The minimum Gasteiger partial charge on any atom is -0.325 e. The molecule has 1 heterocycles. The molecule has 1 saturated heterocycles. The number of amides is 1. The van der Waals surface area contributed by atoms with E-state index in [0.29, 0.717) is 5.02 Å². The van der Waals surface area contributed by atoms with Crippen LogP contribution in [0.25, 0.3) is 0 Å². The second-order valence-corrected chi connectivity index (χ2v) is 4.51. The van der Waals surface area contributed by atoms with Crippen LogP contribution >= 0.6 is 24.0 Å². The molecule has 1 fully saturated rings. The van der Waals surface area contributed by atoms with Gasteiger partial charge in [-0.2, -0.15) is 0 Å². The Morgan fingerprint density at radius 3 is 2.88 bits per heavy atom. The van der Waals surface area contributed by atoms with E-state index in [2.05, 4.69) is 10.6 Å². The number of hydrogen-bond acceptors (Lipinski definition) is 2. The van der Waals surface area contributed by atoms with Crippen molar-refractivity contribution in [2.24, 2.45) is 0 Å². The van der Waals surface area contributed by atoms with Gasteiger partial charge in [-0.15, -0.1) is 12.4 Å². The highest BCUT2D eigenvalue weighted by Gasteiger charge is 2.21. The molecule has 0 saturated carbocycles. The number of hydrogen-bond donors (Lipinski definition) is 2. The van der Waals surface area contributed by atoms with E-state index in [1.54, 1.807) is 6.07 Å². The lowest BCUT2D eigenvalue weighted by molar-refractivity contribution is -0.117. The smallest absolute Gasteiger partial charge is 0.241 e. The number of carbonyl (C=O) groups excluding carboxylic acids is 1. The first-order chi connectivity index (χ1) is 7.66. The van der Waals surface area contributed by atoms with E-state index < -0.39 is 0 Å². The zero-order valence-electron chi connectivity index (χ0n) is 9.63. The summed E-state index contributed by atoms with van der Waals surface area (Å²) in [5.41, 5.74) is 1.77. The van der Waals surface area contributed by atoms with E-state index in [0.717, 1.165) is 30.6 Å². The molecular formula is C12H16Cl2N2O. The molecule has 1 unspecified atom stereocenters. The minimum atomic E-state index is -0.0555. The van der Waals surface area contributed by atoms with Crippen LogP contribution in [0.3, 0.4) is 0 Å². The Labute approximate surface area is 112 Å². The molecule has 0 radical (unpaired) electrons. The fourth-order valence-corrected chi connectivity index (χ4v) is 1.99. The van der Waals surface area contributed by atoms with Crippen LogP contribution in [0.5, 0.6) is 0 Å². The summed E-state index contributed by atoms with van der Waals surface area (Å²) in [4.78, 5) is 11.8. The van der Waals surface area contributed by atoms with Crippen molar-refractivity contribution in [1.82, 2.24) is 5.32 Å². The summed E-state index contributed by atoms with van der Waals surface area (Å²) < 4.78 is 0. The van der Waals surface area contributed by atoms with Crippen molar-refractivity contribution in [2.75, 3.05) is 11.9 Å². The molecule has 0 spiro atoms. The molecular weight excluding hydrogens is 259 g/mol. The lowest BCUT2D eigenvalue weighted by Gasteiger charge is -2.11. The number of aryl methyl sites for hydroxylation is 1. The standard InChI is InChI=1S/C12H15ClN2O.ClH/c1-8-4-5-9(7-10(8)13)15-12(16)11-3-2-6-14-11;/h4-5,7,11,14H,2-3,6H2,1H3,(H,15,16);1H. The van der Waals surface area contributed by atoms with Crippen LogP contribution in [-0.4, -0.2) is 18.5 Å². The molecule has 1 atom stereocenters. The molecule has 0 bridgehead atoms. The maximum absolute atomic E-state index is 11.8. The summed E-state index contributed by atoms with van der Waals surface area (Å²) in [5, 5.41) is 6.70. The average molecular weight is 275 g/mol. The minimum absolute atomic E-state index is 0. The van der Waals surface area contributed by atoms with Crippen molar-refractivity contribution in [3.8, 4) is 0 Å². The van der Waals surface area contributed by atoms with Gasteiger partial charge in [-0.3, -0.25) is 4.79 Å². The van der Waals surface area contributed by atoms with Gasteiger partial charge >= 0.3 is 0 Å². The molecule has 1 aliphatic heterocycles. The third kappa shape index (κ3) is 3.60. The molecule has 1 aliphatic rings. The predicted molar refractivity (Wildman–Crippen MR) is 73.1 cm³/mol. The molecule has 1 aromatic rings. The fourth-order valence-electron chi connectivity index (χ4n) is 1.81. The second kappa shape index (κ2) is 6.24. The SMILES string of the molecule is Cc1ccc(NC(=O)C2CCCN2)cc1Cl.Cl. The highest BCUT2D eigenvalue weighted by Crippen LogP contribution is 2.20. The topological polar surface area (TPSA) is 41.1 Å². The Morgan fingerprint density at radius 1 is 1.53 bits per heavy atom. The Hall–Kier alpha value is -0.770. The fraction of sp³-hybridized carbons (Fsp3) is 0.417. The van der Waals surface area contributed by atoms with Gasteiger partial charge in [-0.1, -0.05) is 17.7 Å². The highest BCUT2D eigenvalue weighted by atomic mass is 35.5. The van der Waals surface area contributed by atoms with Crippen LogP contribution in [0.15, 0.2) is 18.2 Å². The Morgan fingerprint density at radius 2 is 2.29 bits per heavy atom. The maximum atomic E-state index is 11.8. The molecule has 2 rings (SSSR count). The van der Waals surface area contributed by atoms with Crippen LogP contribution in [-0.2, 0) is 4.79 Å². The summed E-state index contributed by atoms with van der Waals surface area (Å²) in [7, 11) is 0. The van der Waals surface area contributed by atoms with Gasteiger partial charge in [0.05, 0.1) is 6.04 Å². The van der Waals surface area contributed by atoms with Gasteiger partial charge in [-0.05, 0) is 44.0 Å². The van der Waals surface area contributed by atoms with Crippen molar-refractivity contribution in [2.45, 2.75) is 25.8 Å². The van der Waals surface area contributed by atoms with E-state index in [4.69, 9.17) is 11.6 Å². The van der Waals surface area contributed by atoms with Gasteiger partial charge in [0.1, 0.15) is 0 Å². The van der Waals surface area contributed by atoms with Crippen molar-refractivity contribution in [3.05, 3.63) is 28.8 Å². The first-order valence-corrected chi connectivity index (χ1v) is 5.85. The van der Waals surface area contributed by atoms with Crippen LogP contribution in [0.4, 0.5) is 5.69 Å². The second-order valence-electron chi connectivity index (χ2n) is 4.10.